The van der Waals surface area contributed by atoms with Crippen molar-refractivity contribution in [2.75, 3.05) is 0 Å². The number of carboxylic acid groups (broad SMARTS) is 1. The molecule has 0 saturated heterocycles. The Kier molecular flexibility index (Phi) is 14.9. The minimum Gasteiger partial charge on any atom is -0.481 e. The van der Waals surface area contributed by atoms with E-state index in [1.54, 1.807) is 0 Å². The average molecular weight is 278 g/mol. The fourth-order valence-electron chi connectivity index (χ4n) is 1.98. The maximum absolute atomic E-state index is 10.3. The molecule has 0 atom stereocenters. The van der Waals surface area contributed by atoms with Crippen molar-refractivity contribution >= 4 is 5.97 Å². The van der Waals surface area contributed by atoms with Gasteiger partial charge in [0.2, 0.25) is 0 Å². The maximum Gasteiger partial charge on any atom is 0.303 e. The van der Waals surface area contributed by atoms with Gasteiger partial charge in [-0.15, -0.1) is 0 Å². The number of aliphatic carboxylic acids is 1. The van der Waals surface area contributed by atoms with Gasteiger partial charge in [-0.2, -0.15) is 0 Å². The maximum atomic E-state index is 10.3. The van der Waals surface area contributed by atoms with E-state index in [1.807, 2.05) is 6.08 Å². The normalized spacial score (nSPS) is 10.4. The summed E-state index contributed by atoms with van der Waals surface area (Å²) in [5.41, 5.74) is 0. The Bertz CT molecular complexity index is 307. The van der Waals surface area contributed by atoms with Gasteiger partial charge in [0.1, 0.15) is 0 Å². The summed E-state index contributed by atoms with van der Waals surface area (Å²) >= 11 is 0. The summed E-state index contributed by atoms with van der Waals surface area (Å²) in [6.07, 6.45) is 17.2. The zero-order valence-electron chi connectivity index (χ0n) is 13.0. The van der Waals surface area contributed by atoms with E-state index in [-0.39, 0.29) is 6.42 Å². The van der Waals surface area contributed by atoms with Crippen molar-refractivity contribution in [2.24, 2.45) is 0 Å². The van der Waals surface area contributed by atoms with Crippen LogP contribution in [-0.4, -0.2) is 11.1 Å². The highest BCUT2D eigenvalue weighted by Gasteiger charge is 1.94. The van der Waals surface area contributed by atoms with E-state index in [0.717, 1.165) is 32.1 Å². The highest BCUT2D eigenvalue weighted by atomic mass is 16.4. The zero-order chi connectivity index (χ0) is 14.9. The van der Waals surface area contributed by atoms with Gasteiger partial charge in [0.05, 0.1) is 0 Å². The van der Waals surface area contributed by atoms with Crippen LogP contribution in [0.15, 0.2) is 12.2 Å². The summed E-state index contributed by atoms with van der Waals surface area (Å²) in [5, 5.41) is 8.48. The quantitative estimate of drug-likeness (QED) is 0.387. The van der Waals surface area contributed by atoms with Crippen molar-refractivity contribution in [3.05, 3.63) is 12.2 Å². The monoisotopic (exact) mass is 278 g/mol. The lowest BCUT2D eigenvalue weighted by Crippen LogP contribution is -1.93. The largest absolute Gasteiger partial charge is 0.481 e. The van der Waals surface area contributed by atoms with Crippen LogP contribution in [0.5, 0.6) is 0 Å². The van der Waals surface area contributed by atoms with Crippen LogP contribution in [0.3, 0.4) is 0 Å². The van der Waals surface area contributed by atoms with E-state index in [0.29, 0.717) is 0 Å². The number of rotatable bonds is 12. The van der Waals surface area contributed by atoms with Crippen molar-refractivity contribution < 1.29 is 9.90 Å². The van der Waals surface area contributed by atoms with Crippen molar-refractivity contribution in [3.63, 3.8) is 0 Å². The molecule has 0 unspecified atom stereocenters. The van der Waals surface area contributed by atoms with Crippen LogP contribution in [-0.2, 0) is 4.79 Å². The van der Waals surface area contributed by atoms with E-state index >= 15 is 0 Å². The molecule has 20 heavy (non-hydrogen) atoms. The molecule has 0 amide bonds. The summed E-state index contributed by atoms with van der Waals surface area (Å²) in [7, 11) is 0. The van der Waals surface area contributed by atoms with Crippen molar-refractivity contribution in [2.45, 2.75) is 84.0 Å². The molecule has 0 spiro atoms. The second-order valence-corrected chi connectivity index (χ2v) is 5.23. The fourth-order valence-corrected chi connectivity index (χ4v) is 1.98. The van der Waals surface area contributed by atoms with Gasteiger partial charge in [0.25, 0.3) is 0 Å². The number of hydrogen-bond acceptors (Lipinski definition) is 1. The Morgan fingerprint density at radius 1 is 1.00 bits per heavy atom. The number of carbonyl (C=O) groups is 1. The summed E-state index contributed by atoms with van der Waals surface area (Å²) in [4.78, 5) is 10.3. The third-order valence-electron chi connectivity index (χ3n) is 3.22. The molecule has 0 saturated carbocycles. The van der Waals surface area contributed by atoms with E-state index in [4.69, 9.17) is 5.11 Å². The molecule has 0 aliphatic heterocycles. The molecule has 1 N–H and O–H groups in total. The number of allylic oxidation sites excluding steroid dienone is 2. The number of hydrogen-bond donors (Lipinski definition) is 1. The first-order valence-electron chi connectivity index (χ1n) is 8.12. The predicted molar refractivity (Wildman–Crippen MR) is 85.6 cm³/mol. The SMILES string of the molecule is CCCCCCCCC=CC#CCCCCCC(=O)O. The molecule has 0 rings (SSSR count). The molecule has 0 radical (unpaired) electrons. The van der Waals surface area contributed by atoms with Crippen LogP contribution in [0.25, 0.3) is 0 Å². The molecule has 2 heteroatoms. The molecule has 0 fully saturated rings. The highest BCUT2D eigenvalue weighted by Crippen LogP contribution is 2.07. The van der Waals surface area contributed by atoms with E-state index in [9.17, 15) is 4.79 Å². The molecule has 0 aromatic carbocycles. The average Bonchev–Trinajstić information content (AvgIpc) is 2.43. The zero-order valence-corrected chi connectivity index (χ0v) is 13.0. The molecular formula is C18H30O2. The summed E-state index contributed by atoms with van der Waals surface area (Å²) < 4.78 is 0. The van der Waals surface area contributed by atoms with Gasteiger partial charge >= 0.3 is 5.97 Å². The predicted octanol–water partition coefficient (Wildman–Crippen LogP) is 5.33. The van der Waals surface area contributed by atoms with Gasteiger partial charge in [-0.3, -0.25) is 4.79 Å². The van der Waals surface area contributed by atoms with E-state index < -0.39 is 5.97 Å². The summed E-state index contributed by atoms with van der Waals surface area (Å²) in [6, 6.07) is 0. The van der Waals surface area contributed by atoms with Gasteiger partial charge in [0.15, 0.2) is 0 Å². The standard InChI is InChI=1S/C18H30O2/c1-2-3-4-5-6-7-8-9-10-11-12-13-14-15-16-17-18(19)20/h9-10H,2-8,13-17H2,1H3,(H,19,20). The van der Waals surface area contributed by atoms with Crippen molar-refractivity contribution in [3.8, 4) is 11.8 Å². The second-order valence-electron chi connectivity index (χ2n) is 5.23. The lowest BCUT2D eigenvalue weighted by Gasteiger charge is -1.96. The smallest absolute Gasteiger partial charge is 0.303 e. The Morgan fingerprint density at radius 2 is 1.70 bits per heavy atom. The Balaban J connectivity index is 3.25. The fraction of sp³-hybridized carbons (Fsp3) is 0.722. The molecular weight excluding hydrogens is 248 g/mol. The first-order valence-corrected chi connectivity index (χ1v) is 8.12. The molecule has 0 aromatic rings. The topological polar surface area (TPSA) is 37.3 Å². The second kappa shape index (κ2) is 15.8. The van der Waals surface area contributed by atoms with Gasteiger partial charge in [-0.25, -0.2) is 0 Å². The molecule has 2 nitrogen and oxygen atoms in total. The van der Waals surface area contributed by atoms with Crippen LogP contribution in [0, 0.1) is 11.8 Å². The summed E-state index contributed by atoms with van der Waals surface area (Å²) in [6.45, 7) is 2.24. The third kappa shape index (κ3) is 16.8. The van der Waals surface area contributed by atoms with E-state index in [2.05, 4.69) is 24.8 Å². The van der Waals surface area contributed by atoms with Crippen molar-refractivity contribution in [1.82, 2.24) is 0 Å². The van der Waals surface area contributed by atoms with Crippen LogP contribution in [0.1, 0.15) is 84.0 Å². The first-order chi connectivity index (χ1) is 9.77. The van der Waals surface area contributed by atoms with Gasteiger partial charge < -0.3 is 5.11 Å². The molecule has 0 aliphatic carbocycles. The molecule has 0 aliphatic rings. The van der Waals surface area contributed by atoms with Crippen LogP contribution >= 0.6 is 0 Å². The van der Waals surface area contributed by atoms with E-state index in [1.165, 1.54) is 38.5 Å². The highest BCUT2D eigenvalue weighted by molar-refractivity contribution is 5.66. The van der Waals surface area contributed by atoms with Gasteiger partial charge in [0, 0.05) is 12.8 Å². The lowest BCUT2D eigenvalue weighted by atomic mass is 10.1. The van der Waals surface area contributed by atoms with Crippen LogP contribution < -0.4 is 0 Å². The van der Waals surface area contributed by atoms with Crippen LogP contribution in [0.2, 0.25) is 0 Å². The molecule has 0 aromatic heterocycles. The van der Waals surface area contributed by atoms with Gasteiger partial charge in [-0.1, -0.05) is 63.4 Å². The Hall–Kier alpha value is -1.23. The Morgan fingerprint density at radius 3 is 2.45 bits per heavy atom. The van der Waals surface area contributed by atoms with Gasteiger partial charge in [-0.05, 0) is 31.8 Å². The summed E-state index contributed by atoms with van der Waals surface area (Å²) in [5.74, 6) is 5.46. The number of unbranched alkanes of at least 4 members (excludes halogenated alkanes) is 9. The lowest BCUT2D eigenvalue weighted by molar-refractivity contribution is -0.137. The Labute approximate surface area is 124 Å². The molecule has 0 bridgehead atoms. The minimum atomic E-state index is -0.700. The minimum absolute atomic E-state index is 0.283. The van der Waals surface area contributed by atoms with Crippen LogP contribution in [0.4, 0.5) is 0 Å². The first kappa shape index (κ1) is 18.8. The number of carboxylic acids is 1. The molecule has 0 heterocycles. The van der Waals surface area contributed by atoms with Crippen molar-refractivity contribution in [1.29, 1.82) is 0 Å². The third-order valence-corrected chi connectivity index (χ3v) is 3.22. The molecule has 114 valence electrons.